The fraction of sp³-hybridized carbons (Fsp3) is 0.231. The molecule has 0 saturated carbocycles. The van der Waals surface area contributed by atoms with Crippen molar-refractivity contribution in [2.45, 2.75) is 12.5 Å². The Balaban J connectivity index is 1.24. The molecule has 0 bridgehead atoms. The number of aromatic nitrogens is 2. The number of nitrogens with zero attached hydrogens (tertiary/aromatic N) is 2. The van der Waals surface area contributed by atoms with Gasteiger partial charge in [-0.1, -0.05) is 60.7 Å². The molecule has 1 fully saturated rings. The Morgan fingerprint density at radius 1 is 0.935 bits per heavy atom. The Kier molecular flexibility index (Phi) is 5.87. The van der Waals surface area contributed by atoms with Crippen LogP contribution in [0.3, 0.4) is 0 Å². The minimum Gasteiger partial charge on any atom is -0.371 e. The first kappa shape index (κ1) is 19.7. The van der Waals surface area contributed by atoms with Crippen LogP contribution in [0.1, 0.15) is 17.2 Å². The molecule has 2 N–H and O–H groups in total. The number of fused-ring (bicyclic) bond motifs is 1. The maximum absolute atomic E-state index is 5.83. The number of anilines is 1. The molecule has 0 amide bonds. The number of hydrogen-bond donors (Lipinski definition) is 2. The van der Waals surface area contributed by atoms with Crippen molar-refractivity contribution in [2.24, 2.45) is 0 Å². The number of nitrogens with one attached hydrogen (secondary N) is 2. The van der Waals surface area contributed by atoms with Crippen molar-refractivity contribution in [1.82, 2.24) is 15.3 Å². The second-order valence-electron chi connectivity index (χ2n) is 7.80. The van der Waals surface area contributed by atoms with Crippen LogP contribution in [0.4, 0.5) is 5.82 Å². The Labute approximate surface area is 182 Å². The Bertz CT molecular complexity index is 1140. The van der Waals surface area contributed by atoms with E-state index in [-0.39, 0.29) is 6.10 Å². The van der Waals surface area contributed by atoms with E-state index < -0.39 is 0 Å². The summed E-state index contributed by atoms with van der Waals surface area (Å²) in [5.41, 5.74) is 5.83. The van der Waals surface area contributed by atoms with E-state index in [1.807, 2.05) is 6.07 Å². The lowest BCUT2D eigenvalue weighted by Gasteiger charge is -2.24. The van der Waals surface area contributed by atoms with Crippen LogP contribution in [0.5, 0.6) is 0 Å². The van der Waals surface area contributed by atoms with E-state index in [4.69, 9.17) is 4.74 Å². The predicted octanol–water partition coefficient (Wildman–Crippen LogP) is 4.61. The number of ether oxygens (including phenoxy) is 1. The molecular weight excluding hydrogens is 384 g/mol. The zero-order valence-electron chi connectivity index (χ0n) is 17.4. The SMILES string of the molecule is c1ccc(-c2ccc3c(NCCc4ccc(C5CNCCO5)cc4)ncnc3c2)cc1. The highest BCUT2D eigenvalue weighted by Crippen LogP contribution is 2.26. The lowest BCUT2D eigenvalue weighted by molar-refractivity contribution is 0.0277. The molecule has 1 aliphatic heterocycles. The second-order valence-corrected chi connectivity index (χ2v) is 7.80. The van der Waals surface area contributed by atoms with Gasteiger partial charge < -0.3 is 15.4 Å². The average Bonchev–Trinajstić information content (AvgIpc) is 2.85. The maximum atomic E-state index is 5.83. The van der Waals surface area contributed by atoms with Crippen LogP contribution in [0.15, 0.2) is 79.1 Å². The molecule has 0 radical (unpaired) electrons. The Morgan fingerprint density at radius 3 is 2.61 bits per heavy atom. The number of benzene rings is 3. The average molecular weight is 411 g/mol. The van der Waals surface area contributed by atoms with E-state index in [1.54, 1.807) is 6.33 Å². The van der Waals surface area contributed by atoms with E-state index in [1.165, 1.54) is 16.7 Å². The van der Waals surface area contributed by atoms with Crippen molar-refractivity contribution in [3.8, 4) is 11.1 Å². The summed E-state index contributed by atoms with van der Waals surface area (Å²) in [6, 6.07) is 25.5. The van der Waals surface area contributed by atoms with E-state index >= 15 is 0 Å². The molecule has 3 aromatic carbocycles. The lowest BCUT2D eigenvalue weighted by Crippen LogP contribution is -2.33. The molecule has 31 heavy (non-hydrogen) atoms. The van der Waals surface area contributed by atoms with Crippen LogP contribution in [0.2, 0.25) is 0 Å². The van der Waals surface area contributed by atoms with Crippen LogP contribution in [-0.2, 0) is 11.2 Å². The van der Waals surface area contributed by atoms with Crippen LogP contribution < -0.4 is 10.6 Å². The first-order valence-electron chi connectivity index (χ1n) is 10.8. The normalized spacial score (nSPS) is 16.3. The fourth-order valence-electron chi connectivity index (χ4n) is 4.01. The van der Waals surface area contributed by atoms with Crippen LogP contribution >= 0.6 is 0 Å². The molecule has 0 spiro atoms. The number of rotatable bonds is 6. The smallest absolute Gasteiger partial charge is 0.137 e. The monoisotopic (exact) mass is 410 g/mol. The molecule has 156 valence electrons. The van der Waals surface area contributed by atoms with Gasteiger partial charge in [0.05, 0.1) is 18.2 Å². The highest BCUT2D eigenvalue weighted by atomic mass is 16.5. The molecule has 4 aromatic rings. The molecule has 1 aliphatic rings. The van der Waals surface area contributed by atoms with Crippen LogP contribution in [0.25, 0.3) is 22.0 Å². The van der Waals surface area contributed by atoms with E-state index in [9.17, 15) is 0 Å². The summed E-state index contributed by atoms with van der Waals surface area (Å²) in [6.07, 6.45) is 2.72. The highest BCUT2D eigenvalue weighted by molar-refractivity contribution is 5.91. The van der Waals surface area contributed by atoms with Gasteiger partial charge in [0.15, 0.2) is 0 Å². The van der Waals surface area contributed by atoms with E-state index in [0.717, 1.165) is 54.9 Å². The second kappa shape index (κ2) is 9.25. The molecule has 5 rings (SSSR count). The molecule has 2 heterocycles. The van der Waals surface area contributed by atoms with Gasteiger partial charge in [-0.05, 0) is 40.8 Å². The van der Waals surface area contributed by atoms with E-state index in [0.29, 0.717) is 0 Å². The molecular formula is C26H26N4O. The van der Waals surface area contributed by atoms with Gasteiger partial charge in [0, 0.05) is 25.0 Å². The lowest BCUT2D eigenvalue weighted by atomic mass is 10.0. The first-order valence-corrected chi connectivity index (χ1v) is 10.8. The molecule has 1 unspecified atom stereocenters. The zero-order valence-corrected chi connectivity index (χ0v) is 17.4. The minimum absolute atomic E-state index is 0.161. The summed E-state index contributed by atoms with van der Waals surface area (Å²) in [7, 11) is 0. The van der Waals surface area contributed by atoms with Crippen LogP contribution in [0, 0.1) is 0 Å². The van der Waals surface area contributed by atoms with Gasteiger partial charge in [-0.2, -0.15) is 0 Å². The molecule has 5 nitrogen and oxygen atoms in total. The molecule has 0 aliphatic carbocycles. The van der Waals surface area contributed by atoms with Crippen molar-refractivity contribution in [1.29, 1.82) is 0 Å². The van der Waals surface area contributed by atoms with Crippen molar-refractivity contribution in [3.63, 3.8) is 0 Å². The summed E-state index contributed by atoms with van der Waals surface area (Å²) in [6.45, 7) is 3.41. The highest BCUT2D eigenvalue weighted by Gasteiger charge is 2.15. The van der Waals surface area contributed by atoms with E-state index in [2.05, 4.69) is 87.3 Å². The van der Waals surface area contributed by atoms with Gasteiger partial charge in [0.25, 0.3) is 0 Å². The predicted molar refractivity (Wildman–Crippen MR) is 125 cm³/mol. The molecule has 1 atom stereocenters. The van der Waals surface area contributed by atoms with Crippen molar-refractivity contribution in [2.75, 3.05) is 31.6 Å². The van der Waals surface area contributed by atoms with Gasteiger partial charge in [0.2, 0.25) is 0 Å². The summed E-state index contributed by atoms with van der Waals surface area (Å²) >= 11 is 0. The summed E-state index contributed by atoms with van der Waals surface area (Å²) < 4.78 is 5.83. The van der Waals surface area contributed by atoms with Gasteiger partial charge in [0.1, 0.15) is 12.1 Å². The van der Waals surface area contributed by atoms with Gasteiger partial charge in [-0.3, -0.25) is 0 Å². The summed E-state index contributed by atoms with van der Waals surface area (Å²) in [5, 5.41) is 7.91. The minimum atomic E-state index is 0.161. The quantitative estimate of drug-likeness (QED) is 0.486. The number of hydrogen-bond acceptors (Lipinski definition) is 5. The third kappa shape index (κ3) is 4.58. The molecule has 5 heteroatoms. The molecule has 1 saturated heterocycles. The maximum Gasteiger partial charge on any atom is 0.137 e. The van der Waals surface area contributed by atoms with Gasteiger partial charge >= 0.3 is 0 Å². The van der Waals surface area contributed by atoms with Gasteiger partial charge in [-0.15, -0.1) is 0 Å². The Morgan fingerprint density at radius 2 is 1.81 bits per heavy atom. The fourth-order valence-corrected chi connectivity index (χ4v) is 4.01. The number of morpholine rings is 1. The third-order valence-corrected chi connectivity index (χ3v) is 5.73. The van der Waals surface area contributed by atoms with Crippen molar-refractivity contribution < 1.29 is 4.74 Å². The van der Waals surface area contributed by atoms with Gasteiger partial charge in [-0.25, -0.2) is 9.97 Å². The van der Waals surface area contributed by atoms with Crippen molar-refractivity contribution >= 4 is 16.7 Å². The topological polar surface area (TPSA) is 59.1 Å². The standard InChI is InChI=1S/C26H26N4O/c1-2-4-20(5-3-1)22-10-11-23-24(16-22)29-18-30-26(23)28-13-12-19-6-8-21(9-7-19)25-17-27-14-15-31-25/h1-11,16,18,25,27H,12-15,17H2,(H,28,29,30). The first-order chi connectivity index (χ1) is 15.4. The largest absolute Gasteiger partial charge is 0.371 e. The summed E-state index contributed by atoms with van der Waals surface area (Å²) in [5.74, 6) is 0.878. The third-order valence-electron chi connectivity index (χ3n) is 5.73. The molecule has 1 aromatic heterocycles. The summed E-state index contributed by atoms with van der Waals surface area (Å²) in [4.78, 5) is 8.95. The zero-order chi connectivity index (χ0) is 20.9. The van der Waals surface area contributed by atoms with Crippen LogP contribution in [-0.4, -0.2) is 36.2 Å². The van der Waals surface area contributed by atoms with Crippen molar-refractivity contribution in [3.05, 3.63) is 90.3 Å². The Hall–Kier alpha value is -3.28.